The topological polar surface area (TPSA) is 30.5 Å². The molecule has 1 aromatic rings. The van der Waals surface area contributed by atoms with Crippen LogP contribution in [-0.2, 0) is 22.6 Å². The fourth-order valence-corrected chi connectivity index (χ4v) is 2.44. The monoisotopic (exact) mass is 263 g/mol. The van der Waals surface area contributed by atoms with Crippen LogP contribution in [0.25, 0.3) is 0 Å². The van der Waals surface area contributed by atoms with Gasteiger partial charge in [-0.05, 0) is 43.4 Å². The van der Waals surface area contributed by atoms with Crippen molar-refractivity contribution >= 4 is 0 Å². The minimum atomic E-state index is 0.714. The fraction of sp³-hybridized carbons (Fsp3) is 0.625. The molecule has 0 amide bonds. The summed E-state index contributed by atoms with van der Waals surface area (Å²) in [5.74, 6) is 0.771. The zero-order chi connectivity index (χ0) is 13.3. The molecule has 1 fully saturated rings. The lowest BCUT2D eigenvalue weighted by molar-refractivity contribution is 0.0662. The highest BCUT2D eigenvalue weighted by molar-refractivity contribution is 5.26. The van der Waals surface area contributed by atoms with E-state index in [2.05, 4.69) is 29.6 Å². The summed E-state index contributed by atoms with van der Waals surface area (Å²) in [7, 11) is 0. The smallest absolute Gasteiger partial charge is 0.0719 e. The summed E-state index contributed by atoms with van der Waals surface area (Å²) in [6, 6.07) is 8.52. The van der Waals surface area contributed by atoms with Gasteiger partial charge < -0.3 is 14.8 Å². The predicted molar refractivity (Wildman–Crippen MR) is 77.0 cm³/mol. The zero-order valence-electron chi connectivity index (χ0n) is 11.9. The van der Waals surface area contributed by atoms with Gasteiger partial charge in [-0.3, -0.25) is 0 Å². The van der Waals surface area contributed by atoms with Gasteiger partial charge in [-0.25, -0.2) is 0 Å². The third-order valence-electron chi connectivity index (χ3n) is 3.67. The van der Waals surface area contributed by atoms with Crippen LogP contribution in [0.15, 0.2) is 24.3 Å². The Morgan fingerprint density at radius 2 is 1.95 bits per heavy atom. The predicted octanol–water partition coefficient (Wildman–Crippen LogP) is 2.74. The number of hydrogen-bond acceptors (Lipinski definition) is 3. The third kappa shape index (κ3) is 4.94. The maximum absolute atomic E-state index is 5.51. The van der Waals surface area contributed by atoms with E-state index in [0.29, 0.717) is 6.61 Å². The Morgan fingerprint density at radius 1 is 1.21 bits per heavy atom. The summed E-state index contributed by atoms with van der Waals surface area (Å²) in [4.78, 5) is 0. The van der Waals surface area contributed by atoms with Gasteiger partial charge in [-0.1, -0.05) is 24.3 Å². The minimum Gasteiger partial charge on any atom is -0.381 e. The van der Waals surface area contributed by atoms with Crippen molar-refractivity contribution < 1.29 is 9.47 Å². The highest BCUT2D eigenvalue weighted by Crippen LogP contribution is 2.14. The van der Waals surface area contributed by atoms with Crippen LogP contribution in [0.3, 0.4) is 0 Å². The van der Waals surface area contributed by atoms with Crippen LogP contribution in [0.4, 0.5) is 0 Å². The summed E-state index contributed by atoms with van der Waals surface area (Å²) < 4.78 is 10.9. The van der Waals surface area contributed by atoms with E-state index < -0.39 is 0 Å². The molecule has 2 rings (SSSR count). The van der Waals surface area contributed by atoms with Crippen molar-refractivity contribution in [2.45, 2.75) is 32.9 Å². The zero-order valence-corrected chi connectivity index (χ0v) is 11.9. The van der Waals surface area contributed by atoms with E-state index in [9.17, 15) is 0 Å². The first-order valence-electron chi connectivity index (χ1n) is 7.33. The molecule has 0 saturated carbocycles. The molecule has 0 atom stereocenters. The second-order valence-electron chi connectivity index (χ2n) is 5.09. The van der Waals surface area contributed by atoms with Crippen LogP contribution in [-0.4, -0.2) is 26.4 Å². The molecule has 1 aliphatic rings. The van der Waals surface area contributed by atoms with Crippen LogP contribution in [0.2, 0.25) is 0 Å². The molecule has 3 nitrogen and oxygen atoms in total. The van der Waals surface area contributed by atoms with Crippen LogP contribution < -0.4 is 5.32 Å². The molecular formula is C16H25NO2. The lowest BCUT2D eigenvalue weighted by Crippen LogP contribution is -2.27. The van der Waals surface area contributed by atoms with Crippen LogP contribution in [0.1, 0.15) is 30.9 Å². The van der Waals surface area contributed by atoms with E-state index in [4.69, 9.17) is 9.47 Å². The quantitative estimate of drug-likeness (QED) is 0.820. The summed E-state index contributed by atoms with van der Waals surface area (Å²) in [5.41, 5.74) is 2.65. The van der Waals surface area contributed by atoms with Crippen LogP contribution in [0, 0.1) is 5.92 Å². The Balaban J connectivity index is 1.77. The van der Waals surface area contributed by atoms with Crippen molar-refractivity contribution in [1.82, 2.24) is 5.32 Å². The van der Waals surface area contributed by atoms with Crippen molar-refractivity contribution in [2.75, 3.05) is 26.4 Å². The van der Waals surface area contributed by atoms with E-state index in [0.717, 1.165) is 38.8 Å². The number of ether oxygens (including phenoxy) is 2. The van der Waals surface area contributed by atoms with Gasteiger partial charge in [0.2, 0.25) is 0 Å². The van der Waals surface area contributed by atoms with E-state index in [1.54, 1.807) is 0 Å². The summed E-state index contributed by atoms with van der Waals surface area (Å²) in [6.07, 6.45) is 2.38. The molecule has 0 aliphatic carbocycles. The molecule has 106 valence electrons. The Kier molecular flexibility index (Phi) is 6.34. The van der Waals surface area contributed by atoms with Gasteiger partial charge in [-0.2, -0.15) is 0 Å². The highest BCUT2D eigenvalue weighted by Gasteiger charge is 2.13. The molecule has 0 radical (unpaired) electrons. The summed E-state index contributed by atoms with van der Waals surface area (Å²) >= 11 is 0. The molecule has 0 spiro atoms. The van der Waals surface area contributed by atoms with Crippen molar-refractivity contribution in [3.8, 4) is 0 Å². The Labute approximate surface area is 116 Å². The summed E-state index contributed by atoms with van der Waals surface area (Å²) in [5, 5.41) is 3.58. The van der Waals surface area contributed by atoms with Crippen molar-refractivity contribution in [1.29, 1.82) is 0 Å². The minimum absolute atomic E-state index is 0.714. The number of nitrogens with one attached hydrogen (secondary N) is 1. The van der Waals surface area contributed by atoms with Gasteiger partial charge in [0.25, 0.3) is 0 Å². The number of hydrogen-bond donors (Lipinski definition) is 1. The Hall–Kier alpha value is -0.900. The number of benzene rings is 1. The maximum atomic E-state index is 5.51. The highest BCUT2D eigenvalue weighted by atomic mass is 16.5. The first-order chi connectivity index (χ1) is 9.40. The lowest BCUT2D eigenvalue weighted by atomic mass is 10.00. The Morgan fingerprint density at radius 3 is 2.68 bits per heavy atom. The molecule has 1 aliphatic heterocycles. The van der Waals surface area contributed by atoms with Crippen LogP contribution >= 0.6 is 0 Å². The van der Waals surface area contributed by atoms with Gasteiger partial charge in [0.1, 0.15) is 0 Å². The van der Waals surface area contributed by atoms with Gasteiger partial charge in [0.15, 0.2) is 0 Å². The first-order valence-corrected chi connectivity index (χ1v) is 7.33. The van der Waals surface area contributed by atoms with Gasteiger partial charge in [0.05, 0.1) is 6.61 Å². The standard InChI is InChI=1S/C16H25NO2/c1-2-18-13-16-6-4-3-5-15(16)12-17-11-14-7-9-19-10-8-14/h3-6,14,17H,2,7-13H2,1H3. The molecule has 19 heavy (non-hydrogen) atoms. The molecule has 1 aromatic carbocycles. The molecule has 0 unspecified atom stereocenters. The van der Waals surface area contributed by atoms with Crippen molar-refractivity contribution in [2.24, 2.45) is 5.92 Å². The molecule has 0 aromatic heterocycles. The van der Waals surface area contributed by atoms with Crippen LogP contribution in [0.5, 0.6) is 0 Å². The van der Waals surface area contributed by atoms with E-state index in [-0.39, 0.29) is 0 Å². The maximum Gasteiger partial charge on any atom is 0.0719 e. The van der Waals surface area contributed by atoms with Gasteiger partial charge in [-0.15, -0.1) is 0 Å². The largest absolute Gasteiger partial charge is 0.381 e. The molecular weight excluding hydrogens is 238 g/mol. The van der Waals surface area contributed by atoms with Gasteiger partial charge in [0, 0.05) is 26.4 Å². The van der Waals surface area contributed by atoms with E-state index >= 15 is 0 Å². The van der Waals surface area contributed by atoms with Crippen molar-refractivity contribution in [3.63, 3.8) is 0 Å². The molecule has 3 heteroatoms. The summed E-state index contributed by atoms with van der Waals surface area (Å²) in [6.45, 7) is 7.38. The average molecular weight is 263 g/mol. The Bertz CT molecular complexity index is 362. The van der Waals surface area contributed by atoms with Gasteiger partial charge >= 0.3 is 0 Å². The molecule has 1 saturated heterocycles. The first kappa shape index (κ1) is 14.5. The second kappa shape index (κ2) is 8.31. The third-order valence-corrected chi connectivity index (χ3v) is 3.67. The average Bonchev–Trinajstić information content (AvgIpc) is 2.47. The number of rotatable bonds is 7. The normalized spacial score (nSPS) is 16.7. The van der Waals surface area contributed by atoms with E-state index in [1.165, 1.54) is 24.0 Å². The molecule has 0 bridgehead atoms. The second-order valence-corrected chi connectivity index (χ2v) is 5.09. The molecule has 1 heterocycles. The lowest BCUT2D eigenvalue weighted by Gasteiger charge is -2.22. The SMILES string of the molecule is CCOCc1ccccc1CNCC1CCOCC1. The molecule has 1 N–H and O–H groups in total. The fourth-order valence-electron chi connectivity index (χ4n) is 2.44. The van der Waals surface area contributed by atoms with E-state index in [1.807, 2.05) is 6.92 Å². The van der Waals surface area contributed by atoms with Crippen molar-refractivity contribution in [3.05, 3.63) is 35.4 Å².